The first-order chi connectivity index (χ1) is 10.5. The van der Waals surface area contributed by atoms with E-state index >= 15 is 0 Å². The highest BCUT2D eigenvalue weighted by molar-refractivity contribution is 8.01. The standard InChI is InChI=1S/C16H25NO5S/c1-15(2)5-10-6-16(3,8-15)9-17(10)12(18)7-23-11(14(21)22)4-13(19)20/h10-11H,4-9H2,1-3H3,(H,19,20)(H,21,22)/t10-,11-,16-/m1/s1. The second-order valence-corrected chi connectivity index (χ2v) is 9.16. The summed E-state index contributed by atoms with van der Waals surface area (Å²) in [5.41, 5.74) is 0.354. The maximum Gasteiger partial charge on any atom is 0.317 e. The molecule has 1 aliphatic carbocycles. The predicted molar refractivity (Wildman–Crippen MR) is 87.4 cm³/mol. The summed E-state index contributed by atoms with van der Waals surface area (Å²) in [6.45, 7) is 7.39. The van der Waals surface area contributed by atoms with Gasteiger partial charge in [0.2, 0.25) is 5.91 Å². The summed E-state index contributed by atoms with van der Waals surface area (Å²) in [6, 6.07) is 0.222. The van der Waals surface area contributed by atoms with Crippen LogP contribution in [0.3, 0.4) is 0 Å². The largest absolute Gasteiger partial charge is 0.481 e. The van der Waals surface area contributed by atoms with E-state index in [0.29, 0.717) is 0 Å². The summed E-state index contributed by atoms with van der Waals surface area (Å²) < 4.78 is 0. The van der Waals surface area contributed by atoms with E-state index in [1.165, 1.54) is 0 Å². The van der Waals surface area contributed by atoms with Gasteiger partial charge in [0.15, 0.2) is 0 Å². The smallest absolute Gasteiger partial charge is 0.317 e. The van der Waals surface area contributed by atoms with Crippen molar-refractivity contribution in [1.29, 1.82) is 0 Å². The Morgan fingerprint density at radius 3 is 2.43 bits per heavy atom. The molecule has 1 amide bonds. The van der Waals surface area contributed by atoms with Crippen LogP contribution in [0.15, 0.2) is 0 Å². The molecule has 23 heavy (non-hydrogen) atoms. The Balaban J connectivity index is 1.96. The lowest BCUT2D eigenvalue weighted by Gasteiger charge is -2.39. The number of carboxylic acid groups (broad SMARTS) is 2. The van der Waals surface area contributed by atoms with Gasteiger partial charge in [0.25, 0.3) is 0 Å². The Bertz CT molecular complexity index is 521. The molecule has 2 N–H and O–H groups in total. The number of carboxylic acids is 2. The number of nitrogens with zero attached hydrogens (tertiary/aromatic N) is 1. The fraction of sp³-hybridized carbons (Fsp3) is 0.812. The first-order valence-electron chi connectivity index (χ1n) is 7.87. The molecule has 2 bridgehead atoms. The van der Waals surface area contributed by atoms with E-state index in [0.717, 1.165) is 37.6 Å². The molecule has 1 saturated carbocycles. The number of fused-ring (bicyclic) bond motifs is 2. The number of likely N-dealkylation sites (tertiary alicyclic amines) is 1. The topological polar surface area (TPSA) is 94.9 Å². The fourth-order valence-corrected chi connectivity index (χ4v) is 5.30. The lowest BCUT2D eigenvalue weighted by molar-refractivity contribution is -0.143. The fourth-order valence-electron chi connectivity index (χ4n) is 4.38. The van der Waals surface area contributed by atoms with Crippen molar-refractivity contribution in [3.8, 4) is 0 Å². The average Bonchev–Trinajstić information content (AvgIpc) is 2.62. The molecule has 1 saturated heterocycles. The summed E-state index contributed by atoms with van der Waals surface area (Å²) in [4.78, 5) is 36.2. The monoisotopic (exact) mass is 343 g/mol. The molecule has 1 heterocycles. The Morgan fingerprint density at radius 1 is 1.22 bits per heavy atom. The van der Waals surface area contributed by atoms with Gasteiger partial charge in [0.05, 0.1) is 12.2 Å². The number of hydrogen-bond donors (Lipinski definition) is 2. The van der Waals surface area contributed by atoms with Crippen molar-refractivity contribution in [2.45, 2.75) is 57.7 Å². The number of thioether (sulfide) groups is 1. The molecule has 0 aromatic rings. The number of rotatable bonds is 6. The molecule has 1 aliphatic heterocycles. The Hall–Kier alpha value is -1.24. The molecular formula is C16H25NO5S. The van der Waals surface area contributed by atoms with Crippen LogP contribution in [0.5, 0.6) is 0 Å². The van der Waals surface area contributed by atoms with Gasteiger partial charge < -0.3 is 15.1 Å². The van der Waals surface area contributed by atoms with Gasteiger partial charge in [-0.15, -0.1) is 11.8 Å². The summed E-state index contributed by atoms with van der Waals surface area (Å²) in [5, 5.41) is 16.7. The van der Waals surface area contributed by atoms with Crippen molar-refractivity contribution in [2.24, 2.45) is 10.8 Å². The molecule has 130 valence electrons. The van der Waals surface area contributed by atoms with Gasteiger partial charge in [-0.2, -0.15) is 0 Å². The van der Waals surface area contributed by atoms with Crippen molar-refractivity contribution >= 4 is 29.6 Å². The highest BCUT2D eigenvalue weighted by atomic mass is 32.2. The average molecular weight is 343 g/mol. The summed E-state index contributed by atoms with van der Waals surface area (Å²) in [7, 11) is 0. The van der Waals surface area contributed by atoms with Crippen LogP contribution in [-0.2, 0) is 14.4 Å². The van der Waals surface area contributed by atoms with Crippen LogP contribution in [0, 0.1) is 10.8 Å². The summed E-state index contributed by atoms with van der Waals surface area (Å²) in [5.74, 6) is -2.39. The maximum absolute atomic E-state index is 12.5. The van der Waals surface area contributed by atoms with Crippen LogP contribution in [0.25, 0.3) is 0 Å². The van der Waals surface area contributed by atoms with E-state index in [1.807, 2.05) is 4.90 Å². The number of hydrogen-bond acceptors (Lipinski definition) is 4. The number of amides is 1. The molecule has 2 rings (SSSR count). The molecule has 2 fully saturated rings. The molecule has 3 atom stereocenters. The molecular weight excluding hydrogens is 318 g/mol. The quantitative estimate of drug-likeness (QED) is 0.767. The van der Waals surface area contributed by atoms with E-state index in [-0.39, 0.29) is 28.5 Å². The van der Waals surface area contributed by atoms with Crippen molar-refractivity contribution in [1.82, 2.24) is 4.90 Å². The Morgan fingerprint density at radius 2 is 1.87 bits per heavy atom. The summed E-state index contributed by atoms with van der Waals surface area (Å²) >= 11 is 0.914. The van der Waals surface area contributed by atoms with E-state index in [2.05, 4.69) is 20.8 Å². The predicted octanol–water partition coefficient (Wildman–Crippen LogP) is 2.07. The molecule has 0 radical (unpaired) electrons. The SMILES string of the molecule is CC1(C)C[C@@H]2C[C@@](C)(CN2C(=O)CS[C@H](CC(=O)O)C(=O)O)C1. The molecule has 2 aliphatic rings. The molecule has 0 spiro atoms. The van der Waals surface area contributed by atoms with E-state index < -0.39 is 23.6 Å². The van der Waals surface area contributed by atoms with E-state index in [4.69, 9.17) is 10.2 Å². The third-order valence-corrected chi connectivity index (χ3v) is 5.96. The third kappa shape index (κ3) is 4.40. The number of carbonyl (C=O) groups excluding carboxylic acids is 1. The molecule has 0 unspecified atom stereocenters. The minimum absolute atomic E-state index is 0.0251. The van der Waals surface area contributed by atoms with Gasteiger partial charge >= 0.3 is 11.9 Å². The van der Waals surface area contributed by atoms with Gasteiger partial charge in [-0.05, 0) is 30.1 Å². The Kier molecular flexibility index (Phi) is 4.99. The second-order valence-electron chi connectivity index (χ2n) is 7.97. The van der Waals surface area contributed by atoms with Gasteiger partial charge in [0, 0.05) is 12.6 Å². The van der Waals surface area contributed by atoms with Crippen LogP contribution in [0.4, 0.5) is 0 Å². The first-order valence-corrected chi connectivity index (χ1v) is 8.92. The highest BCUT2D eigenvalue weighted by Crippen LogP contribution is 2.52. The van der Waals surface area contributed by atoms with Crippen LogP contribution < -0.4 is 0 Å². The van der Waals surface area contributed by atoms with Gasteiger partial charge in [-0.3, -0.25) is 14.4 Å². The normalized spacial score (nSPS) is 30.0. The lowest BCUT2D eigenvalue weighted by Crippen LogP contribution is -2.39. The minimum Gasteiger partial charge on any atom is -0.481 e. The van der Waals surface area contributed by atoms with Crippen molar-refractivity contribution in [3.05, 3.63) is 0 Å². The molecule has 0 aromatic heterocycles. The maximum atomic E-state index is 12.5. The zero-order valence-corrected chi connectivity index (χ0v) is 14.7. The molecule has 0 aromatic carbocycles. The minimum atomic E-state index is -1.18. The molecule has 6 nitrogen and oxygen atoms in total. The first kappa shape index (κ1) is 18.1. The van der Waals surface area contributed by atoms with Crippen LogP contribution >= 0.6 is 11.8 Å². The zero-order chi connectivity index (χ0) is 17.4. The second kappa shape index (κ2) is 6.34. The van der Waals surface area contributed by atoms with Crippen molar-refractivity contribution in [3.63, 3.8) is 0 Å². The van der Waals surface area contributed by atoms with Crippen LogP contribution in [0.1, 0.15) is 46.5 Å². The number of aliphatic carboxylic acids is 2. The van der Waals surface area contributed by atoms with Gasteiger partial charge in [0.1, 0.15) is 5.25 Å². The van der Waals surface area contributed by atoms with Crippen molar-refractivity contribution in [2.75, 3.05) is 12.3 Å². The van der Waals surface area contributed by atoms with E-state index in [1.54, 1.807) is 0 Å². The summed E-state index contributed by atoms with van der Waals surface area (Å²) in [6.07, 6.45) is 2.59. The van der Waals surface area contributed by atoms with Gasteiger partial charge in [-0.1, -0.05) is 20.8 Å². The van der Waals surface area contributed by atoms with Gasteiger partial charge in [-0.25, -0.2) is 0 Å². The molecule has 7 heteroatoms. The lowest BCUT2D eigenvalue weighted by atomic mass is 9.65. The van der Waals surface area contributed by atoms with Crippen LogP contribution in [-0.4, -0.2) is 56.5 Å². The highest BCUT2D eigenvalue weighted by Gasteiger charge is 2.50. The van der Waals surface area contributed by atoms with E-state index in [9.17, 15) is 14.4 Å². The van der Waals surface area contributed by atoms with Crippen molar-refractivity contribution < 1.29 is 24.6 Å². The van der Waals surface area contributed by atoms with Crippen LogP contribution in [0.2, 0.25) is 0 Å². The zero-order valence-electron chi connectivity index (χ0n) is 13.9. The third-order valence-electron chi connectivity index (χ3n) is 4.78. The number of carbonyl (C=O) groups is 3. The Labute approximate surface area is 140 Å².